The number of aromatic nitrogens is 2. The summed E-state index contributed by atoms with van der Waals surface area (Å²) in [6.45, 7) is 8.42. The Morgan fingerprint density at radius 1 is 1.00 bits per heavy atom. The molecule has 3 N–H and O–H groups in total. The number of benzene rings is 3. The first-order chi connectivity index (χ1) is 20.7. The molecule has 0 saturated heterocycles. The number of urea groups is 1. The number of amides is 2. The van der Waals surface area contributed by atoms with E-state index in [1.165, 1.54) is 6.07 Å². The molecule has 5 rings (SSSR count). The van der Waals surface area contributed by atoms with E-state index in [9.17, 15) is 18.0 Å². The molecule has 44 heavy (non-hydrogen) atoms. The molecule has 0 atom stereocenters. The molecule has 2 amide bonds. The summed E-state index contributed by atoms with van der Waals surface area (Å²) in [6.07, 6.45) is -2.73. The molecule has 6 nitrogen and oxygen atoms in total. The van der Waals surface area contributed by atoms with Crippen LogP contribution in [-0.2, 0) is 38.5 Å². The molecule has 3 aromatic carbocycles. The number of nitrogens with zero attached hydrogens (tertiary/aromatic N) is 3. The van der Waals surface area contributed by atoms with Crippen molar-refractivity contribution in [3.63, 3.8) is 0 Å². The molecular weight excluding hydrogens is 577 g/mol. The monoisotopic (exact) mass is 611 g/mol. The first-order valence-electron chi connectivity index (χ1n) is 14.4. The van der Waals surface area contributed by atoms with Crippen molar-refractivity contribution >= 4 is 11.7 Å². The van der Waals surface area contributed by atoms with E-state index in [0.29, 0.717) is 41.8 Å². The molecule has 11 heteroatoms. The lowest BCUT2D eigenvalue weighted by Crippen LogP contribution is -2.47. The van der Waals surface area contributed by atoms with Crippen LogP contribution in [-0.4, -0.2) is 26.3 Å². The predicted molar refractivity (Wildman–Crippen MR) is 159 cm³/mol. The number of carbonyl (C=O) groups is 1. The van der Waals surface area contributed by atoms with Crippen molar-refractivity contribution in [2.75, 3.05) is 5.32 Å². The van der Waals surface area contributed by atoms with Gasteiger partial charge in [0.15, 0.2) is 0 Å². The van der Waals surface area contributed by atoms with Crippen molar-refractivity contribution in [3.05, 3.63) is 99.7 Å². The van der Waals surface area contributed by atoms with Crippen molar-refractivity contribution in [2.24, 2.45) is 5.73 Å². The van der Waals surface area contributed by atoms with Crippen LogP contribution in [0.15, 0.2) is 54.6 Å². The topological polar surface area (TPSA) is 76.2 Å². The zero-order valence-corrected chi connectivity index (χ0v) is 24.9. The Morgan fingerprint density at radius 2 is 1.66 bits per heavy atom. The second-order valence-electron chi connectivity index (χ2n) is 11.7. The normalized spacial score (nSPS) is 14.8. The van der Waals surface area contributed by atoms with Crippen LogP contribution in [0.1, 0.15) is 61.2 Å². The minimum Gasteiger partial charge on any atom is -0.351 e. The fraction of sp³-hybridized carbons (Fsp3) is 0.333. The first kappa shape index (κ1) is 31.2. The maximum absolute atomic E-state index is 15.9. The van der Waals surface area contributed by atoms with E-state index < -0.39 is 40.6 Å². The first-order valence-corrected chi connectivity index (χ1v) is 14.4. The van der Waals surface area contributed by atoms with E-state index in [-0.39, 0.29) is 18.7 Å². The minimum atomic E-state index is -4.48. The van der Waals surface area contributed by atoms with Gasteiger partial charge in [-0.1, -0.05) is 50.2 Å². The number of aryl methyl sites for hydroxylation is 2. The van der Waals surface area contributed by atoms with E-state index in [2.05, 4.69) is 5.32 Å². The number of para-hydroxylation sites is 1. The van der Waals surface area contributed by atoms with Gasteiger partial charge in [-0.25, -0.2) is 18.3 Å². The maximum Gasteiger partial charge on any atom is 0.416 e. The van der Waals surface area contributed by atoms with Gasteiger partial charge in [0, 0.05) is 42.2 Å². The molecule has 0 bridgehead atoms. The van der Waals surface area contributed by atoms with Crippen LogP contribution in [0.5, 0.6) is 0 Å². The minimum absolute atomic E-state index is 0.0574. The summed E-state index contributed by atoms with van der Waals surface area (Å²) in [6, 6.07) is 12.0. The highest BCUT2D eigenvalue weighted by Crippen LogP contribution is 2.41. The Morgan fingerprint density at radius 3 is 2.27 bits per heavy atom. The van der Waals surface area contributed by atoms with Gasteiger partial charge in [0.1, 0.15) is 11.6 Å². The zero-order chi connectivity index (χ0) is 32.0. The van der Waals surface area contributed by atoms with Crippen LogP contribution in [0.25, 0.3) is 16.9 Å². The van der Waals surface area contributed by atoms with Crippen LogP contribution in [0.3, 0.4) is 0 Å². The second-order valence-corrected chi connectivity index (χ2v) is 11.7. The predicted octanol–water partition coefficient (Wildman–Crippen LogP) is 7.79. The van der Waals surface area contributed by atoms with Gasteiger partial charge in [-0.05, 0) is 55.5 Å². The Labute approximate surface area is 252 Å². The summed E-state index contributed by atoms with van der Waals surface area (Å²) in [4.78, 5) is 13.4. The summed E-state index contributed by atoms with van der Waals surface area (Å²) < 4.78 is 73.3. The van der Waals surface area contributed by atoms with Crippen molar-refractivity contribution in [1.82, 2.24) is 14.7 Å². The number of primary amides is 1. The molecule has 0 unspecified atom stereocenters. The molecule has 1 aliphatic heterocycles. The van der Waals surface area contributed by atoms with E-state index >= 15 is 8.78 Å². The number of rotatable bonds is 7. The lowest BCUT2D eigenvalue weighted by molar-refractivity contribution is -0.137. The smallest absolute Gasteiger partial charge is 0.351 e. The summed E-state index contributed by atoms with van der Waals surface area (Å²) >= 11 is 0. The van der Waals surface area contributed by atoms with Crippen LogP contribution >= 0.6 is 0 Å². The van der Waals surface area contributed by atoms with Gasteiger partial charge >= 0.3 is 12.2 Å². The summed E-state index contributed by atoms with van der Waals surface area (Å²) in [5.74, 6) is -1.67. The Balaban J connectivity index is 1.71. The standard InChI is InChI=1S/C33H34F5N5O/c1-5-20-10-8-11-21(6-2)29(20)43-30(23-14-26(35)27(15-25(23)34)40-31(39)44)24-18-42(32(3,4)16-28(24)41-43)17-19-9-7-12-22(13-19)33(36,37)38/h7-15H,5-6,16-18H2,1-4H3,(H3,39,40,44). The highest BCUT2D eigenvalue weighted by atomic mass is 19.4. The highest BCUT2D eigenvalue weighted by Gasteiger charge is 2.39. The summed E-state index contributed by atoms with van der Waals surface area (Å²) in [5, 5.41) is 7.11. The second kappa shape index (κ2) is 11.7. The quantitative estimate of drug-likeness (QED) is 0.210. The third kappa shape index (κ3) is 5.93. The van der Waals surface area contributed by atoms with Gasteiger partial charge in [-0.15, -0.1) is 0 Å². The van der Waals surface area contributed by atoms with Crippen LogP contribution in [0.2, 0.25) is 0 Å². The fourth-order valence-electron chi connectivity index (χ4n) is 5.95. The van der Waals surface area contributed by atoms with E-state index in [4.69, 9.17) is 10.8 Å². The third-order valence-electron chi connectivity index (χ3n) is 8.25. The SMILES string of the molecule is CCc1cccc(CC)c1-n1nc2c(c1-c1cc(F)c(NC(N)=O)cc1F)CN(Cc1cccc(C(F)(F)F)c1)C(C)(C)C2. The third-order valence-corrected chi connectivity index (χ3v) is 8.25. The number of hydrogen-bond donors (Lipinski definition) is 2. The lowest BCUT2D eigenvalue weighted by atomic mass is 9.87. The number of alkyl halides is 3. The Hall–Kier alpha value is -4.25. The number of nitrogens with one attached hydrogen (secondary N) is 1. The van der Waals surface area contributed by atoms with Crippen molar-refractivity contribution in [3.8, 4) is 16.9 Å². The highest BCUT2D eigenvalue weighted by molar-refractivity contribution is 5.88. The van der Waals surface area contributed by atoms with Crippen molar-refractivity contribution < 1.29 is 26.7 Å². The van der Waals surface area contributed by atoms with Crippen molar-refractivity contribution in [2.45, 2.75) is 71.8 Å². The van der Waals surface area contributed by atoms with Gasteiger partial charge in [0.25, 0.3) is 0 Å². The molecule has 0 fully saturated rings. The fourth-order valence-corrected chi connectivity index (χ4v) is 5.95. The largest absolute Gasteiger partial charge is 0.416 e. The Bertz CT molecular complexity index is 1700. The molecule has 0 radical (unpaired) electrons. The van der Waals surface area contributed by atoms with Crippen LogP contribution in [0, 0.1) is 11.6 Å². The van der Waals surface area contributed by atoms with E-state index in [1.807, 2.05) is 50.8 Å². The molecule has 2 heterocycles. The molecule has 0 spiro atoms. The molecule has 1 aromatic heterocycles. The molecule has 4 aromatic rings. The summed E-state index contributed by atoms with van der Waals surface area (Å²) in [7, 11) is 0. The molecule has 0 saturated carbocycles. The van der Waals surface area contributed by atoms with Crippen LogP contribution in [0.4, 0.5) is 32.4 Å². The molecular formula is C33H34F5N5O. The van der Waals surface area contributed by atoms with Gasteiger partial charge in [-0.3, -0.25) is 4.90 Å². The number of fused-ring (bicyclic) bond motifs is 1. The van der Waals surface area contributed by atoms with Gasteiger partial charge < -0.3 is 11.1 Å². The van der Waals surface area contributed by atoms with Gasteiger partial charge in [0.05, 0.1) is 28.3 Å². The van der Waals surface area contributed by atoms with Crippen molar-refractivity contribution in [1.29, 1.82) is 0 Å². The van der Waals surface area contributed by atoms with Gasteiger partial charge in [0.2, 0.25) is 0 Å². The number of hydrogen-bond acceptors (Lipinski definition) is 3. The van der Waals surface area contributed by atoms with Gasteiger partial charge in [-0.2, -0.15) is 18.3 Å². The number of nitrogens with two attached hydrogens (primary N) is 1. The lowest BCUT2D eigenvalue weighted by Gasteiger charge is -2.42. The number of anilines is 1. The van der Waals surface area contributed by atoms with E-state index in [0.717, 1.165) is 41.1 Å². The summed E-state index contributed by atoms with van der Waals surface area (Å²) in [5.41, 5.74) is 8.34. The average molecular weight is 612 g/mol. The van der Waals surface area contributed by atoms with E-state index in [1.54, 1.807) is 10.7 Å². The number of carbonyl (C=O) groups excluding carboxylic acids is 1. The molecule has 0 aliphatic carbocycles. The average Bonchev–Trinajstić information content (AvgIpc) is 3.30. The van der Waals surface area contributed by atoms with Crippen LogP contribution < -0.4 is 11.1 Å². The Kier molecular flexibility index (Phi) is 8.28. The maximum atomic E-state index is 15.9. The number of halogens is 5. The molecule has 232 valence electrons. The molecule has 1 aliphatic rings. The zero-order valence-electron chi connectivity index (χ0n) is 24.9.